The van der Waals surface area contributed by atoms with Crippen molar-refractivity contribution in [2.45, 2.75) is 56.7 Å². The van der Waals surface area contributed by atoms with Gasteiger partial charge in [0.15, 0.2) is 0 Å². The van der Waals surface area contributed by atoms with Crippen molar-refractivity contribution in [3.05, 3.63) is 0 Å². The Morgan fingerprint density at radius 1 is 1.25 bits per heavy atom. The number of rotatable bonds is 2. The van der Waals surface area contributed by atoms with Crippen LogP contribution < -0.4 is 0 Å². The first-order valence-electron chi connectivity index (χ1n) is 6.28. The van der Waals surface area contributed by atoms with Gasteiger partial charge in [0.1, 0.15) is 0 Å². The number of carbonyl (C=O) groups is 1. The second-order valence-corrected chi connectivity index (χ2v) is 5.14. The van der Waals surface area contributed by atoms with Crippen molar-refractivity contribution in [3.8, 4) is 0 Å². The number of nitrogens with zero attached hydrogens (tertiary/aromatic N) is 1. The van der Waals surface area contributed by atoms with Crippen molar-refractivity contribution >= 4 is 5.97 Å². The van der Waals surface area contributed by atoms with Crippen LogP contribution in [0.1, 0.15) is 44.9 Å². The van der Waals surface area contributed by atoms with E-state index in [1.54, 1.807) is 0 Å². The second-order valence-electron chi connectivity index (χ2n) is 5.14. The van der Waals surface area contributed by atoms with Crippen LogP contribution >= 0.6 is 0 Å². The zero-order valence-electron chi connectivity index (χ0n) is 9.62. The minimum Gasteiger partial charge on any atom is -0.479 e. The van der Waals surface area contributed by atoms with Crippen LogP contribution in [0.4, 0.5) is 4.39 Å². The van der Waals surface area contributed by atoms with Gasteiger partial charge in [-0.15, -0.1) is 0 Å². The molecule has 0 aromatic heterocycles. The second kappa shape index (κ2) is 4.70. The molecule has 0 aromatic carbocycles. The fourth-order valence-corrected chi connectivity index (χ4v) is 2.97. The van der Waals surface area contributed by atoms with Crippen molar-refractivity contribution in [2.75, 3.05) is 13.1 Å². The summed E-state index contributed by atoms with van der Waals surface area (Å²) in [7, 11) is 0. The average Bonchev–Trinajstić information content (AvgIpc) is 2.30. The molecule has 1 heterocycles. The molecule has 3 nitrogen and oxygen atoms in total. The summed E-state index contributed by atoms with van der Waals surface area (Å²) in [5.41, 5.74) is -2.00. The van der Waals surface area contributed by atoms with Crippen LogP contribution in [0.15, 0.2) is 0 Å². The van der Waals surface area contributed by atoms with E-state index in [0.29, 0.717) is 12.5 Å². The summed E-state index contributed by atoms with van der Waals surface area (Å²) in [6, 6.07) is 0.420. The number of piperidine rings is 1. The molecule has 0 radical (unpaired) electrons. The molecule has 1 aliphatic carbocycles. The molecule has 0 spiro atoms. The van der Waals surface area contributed by atoms with E-state index in [-0.39, 0.29) is 13.0 Å². The van der Waals surface area contributed by atoms with Gasteiger partial charge in [-0.05, 0) is 32.2 Å². The van der Waals surface area contributed by atoms with E-state index in [1.165, 1.54) is 19.3 Å². The number of carboxylic acids is 1. The maximum Gasteiger partial charge on any atom is 0.342 e. The molecule has 2 aliphatic rings. The molecule has 1 atom stereocenters. The molecule has 1 N–H and O–H groups in total. The third-order valence-corrected chi connectivity index (χ3v) is 3.95. The van der Waals surface area contributed by atoms with Crippen LogP contribution in [0, 0.1) is 0 Å². The summed E-state index contributed by atoms with van der Waals surface area (Å²) in [4.78, 5) is 13.0. The van der Waals surface area contributed by atoms with E-state index in [1.807, 2.05) is 0 Å². The quantitative estimate of drug-likeness (QED) is 0.789. The predicted octanol–water partition coefficient (Wildman–Crippen LogP) is 2.21. The van der Waals surface area contributed by atoms with Gasteiger partial charge in [0.25, 0.3) is 0 Å². The van der Waals surface area contributed by atoms with E-state index < -0.39 is 11.6 Å². The highest BCUT2D eigenvalue weighted by molar-refractivity contribution is 5.77. The number of aliphatic carboxylic acids is 1. The summed E-state index contributed by atoms with van der Waals surface area (Å²) < 4.78 is 14.1. The van der Waals surface area contributed by atoms with Gasteiger partial charge in [-0.3, -0.25) is 4.90 Å². The van der Waals surface area contributed by atoms with Crippen molar-refractivity contribution in [3.63, 3.8) is 0 Å². The number of hydrogen-bond donors (Lipinski definition) is 1. The highest BCUT2D eigenvalue weighted by Crippen LogP contribution is 2.31. The first-order chi connectivity index (χ1) is 7.62. The van der Waals surface area contributed by atoms with Gasteiger partial charge >= 0.3 is 5.97 Å². The topological polar surface area (TPSA) is 40.5 Å². The standard InChI is InChI=1S/C12H20FNO2/c13-12(11(15)16)7-4-8-14(9-12)10-5-2-1-3-6-10/h10H,1-9H2,(H,15,16). The lowest BCUT2D eigenvalue weighted by Gasteiger charge is -2.41. The van der Waals surface area contributed by atoms with E-state index in [2.05, 4.69) is 4.90 Å². The van der Waals surface area contributed by atoms with Crippen LogP contribution in [-0.2, 0) is 4.79 Å². The summed E-state index contributed by atoms with van der Waals surface area (Å²) in [5, 5.41) is 8.91. The van der Waals surface area contributed by atoms with Crippen molar-refractivity contribution in [1.82, 2.24) is 4.90 Å². The molecular weight excluding hydrogens is 209 g/mol. The normalized spacial score (nSPS) is 33.8. The Morgan fingerprint density at radius 2 is 1.94 bits per heavy atom. The molecule has 0 aromatic rings. The molecule has 92 valence electrons. The smallest absolute Gasteiger partial charge is 0.342 e. The molecule has 1 saturated carbocycles. The Hall–Kier alpha value is -0.640. The highest BCUT2D eigenvalue weighted by Gasteiger charge is 2.44. The SMILES string of the molecule is O=C(O)C1(F)CCCN(C2CCCCC2)C1. The van der Waals surface area contributed by atoms with E-state index >= 15 is 0 Å². The summed E-state index contributed by atoms with van der Waals surface area (Å²) in [6.07, 6.45) is 6.72. The zero-order chi connectivity index (χ0) is 11.6. The summed E-state index contributed by atoms with van der Waals surface area (Å²) in [5.74, 6) is -1.28. The minimum absolute atomic E-state index is 0.0903. The van der Waals surface area contributed by atoms with Gasteiger partial charge in [0, 0.05) is 12.6 Å². The maximum atomic E-state index is 14.1. The maximum absolute atomic E-state index is 14.1. The Balaban J connectivity index is 1.98. The van der Waals surface area contributed by atoms with Crippen LogP contribution in [0.25, 0.3) is 0 Å². The zero-order valence-corrected chi connectivity index (χ0v) is 9.62. The Labute approximate surface area is 95.6 Å². The van der Waals surface area contributed by atoms with Crippen LogP contribution in [0.2, 0.25) is 0 Å². The third-order valence-electron chi connectivity index (χ3n) is 3.95. The molecule has 1 aliphatic heterocycles. The Kier molecular flexibility index (Phi) is 3.47. The van der Waals surface area contributed by atoms with Crippen LogP contribution in [-0.4, -0.2) is 40.8 Å². The average molecular weight is 229 g/mol. The molecule has 0 amide bonds. The molecule has 0 bridgehead atoms. The lowest BCUT2D eigenvalue weighted by Crippen LogP contribution is -2.53. The van der Waals surface area contributed by atoms with Gasteiger partial charge in [-0.1, -0.05) is 19.3 Å². The molecular formula is C12H20FNO2. The number of halogens is 1. The van der Waals surface area contributed by atoms with Crippen LogP contribution in [0.5, 0.6) is 0 Å². The summed E-state index contributed by atoms with van der Waals surface area (Å²) >= 11 is 0. The number of carboxylic acid groups (broad SMARTS) is 1. The van der Waals surface area contributed by atoms with Crippen molar-refractivity contribution < 1.29 is 14.3 Å². The molecule has 1 unspecified atom stereocenters. The van der Waals surface area contributed by atoms with Gasteiger partial charge in [-0.2, -0.15) is 0 Å². The molecule has 2 rings (SSSR count). The van der Waals surface area contributed by atoms with Gasteiger partial charge < -0.3 is 5.11 Å². The fourth-order valence-electron chi connectivity index (χ4n) is 2.97. The van der Waals surface area contributed by atoms with E-state index in [4.69, 9.17) is 5.11 Å². The van der Waals surface area contributed by atoms with Gasteiger partial charge in [0.2, 0.25) is 5.67 Å². The Bertz CT molecular complexity index is 266. The van der Waals surface area contributed by atoms with Crippen LogP contribution in [0.3, 0.4) is 0 Å². The third kappa shape index (κ3) is 2.37. The summed E-state index contributed by atoms with van der Waals surface area (Å²) in [6.45, 7) is 0.955. The molecule has 1 saturated heterocycles. The van der Waals surface area contributed by atoms with Crippen molar-refractivity contribution in [1.29, 1.82) is 0 Å². The van der Waals surface area contributed by atoms with Crippen molar-refractivity contribution in [2.24, 2.45) is 0 Å². The fraction of sp³-hybridized carbons (Fsp3) is 0.917. The molecule has 16 heavy (non-hydrogen) atoms. The van der Waals surface area contributed by atoms with Gasteiger partial charge in [0.05, 0.1) is 0 Å². The number of alkyl halides is 1. The van der Waals surface area contributed by atoms with Gasteiger partial charge in [-0.25, -0.2) is 9.18 Å². The predicted molar refractivity (Wildman–Crippen MR) is 59.2 cm³/mol. The van der Waals surface area contributed by atoms with E-state index in [9.17, 15) is 9.18 Å². The lowest BCUT2D eigenvalue weighted by atomic mass is 9.89. The largest absolute Gasteiger partial charge is 0.479 e. The first kappa shape index (κ1) is 11.8. The van der Waals surface area contributed by atoms with E-state index in [0.717, 1.165) is 19.4 Å². The highest BCUT2D eigenvalue weighted by atomic mass is 19.1. The Morgan fingerprint density at radius 3 is 2.56 bits per heavy atom. The lowest BCUT2D eigenvalue weighted by molar-refractivity contribution is -0.155. The number of hydrogen-bond acceptors (Lipinski definition) is 2. The minimum atomic E-state index is -2.00. The monoisotopic (exact) mass is 229 g/mol. The first-order valence-corrected chi connectivity index (χ1v) is 6.28. The number of likely N-dealkylation sites (tertiary alicyclic amines) is 1. The molecule has 4 heteroatoms. The molecule has 2 fully saturated rings.